The number of hydrogen-bond donors (Lipinski definition) is 0. The third kappa shape index (κ3) is 2.35. The first-order valence-electron chi connectivity index (χ1n) is 4.86. The van der Waals surface area contributed by atoms with E-state index in [-0.39, 0.29) is 5.92 Å². The third-order valence-corrected chi connectivity index (χ3v) is 3.63. The quantitative estimate of drug-likeness (QED) is 0.758. The van der Waals surface area contributed by atoms with Gasteiger partial charge in [0.15, 0.2) is 0 Å². The number of ketones is 1. The van der Waals surface area contributed by atoms with Gasteiger partial charge in [-0.05, 0) is 24.3 Å². The lowest BCUT2D eigenvalue weighted by molar-refractivity contribution is -0.121. The summed E-state index contributed by atoms with van der Waals surface area (Å²) in [5.41, 5.74) is 0.898. The Kier molecular flexibility index (Phi) is 3.19. The maximum Gasteiger partial charge on any atom is 0.142 e. The molecule has 1 unspecified atom stereocenters. The number of pyridine rings is 1. The highest BCUT2D eigenvalue weighted by Crippen LogP contribution is 2.24. The second kappa shape index (κ2) is 4.60. The maximum atomic E-state index is 11.8. The number of Topliss-reactive ketones (excluding diaryl/α,β-unsaturated/α-hetero) is 1. The van der Waals surface area contributed by atoms with Crippen LogP contribution >= 0.6 is 11.8 Å². The monoisotopic (exact) mass is 207 g/mol. The molecule has 3 heteroatoms. The Balaban J connectivity index is 1.94. The van der Waals surface area contributed by atoms with Crippen molar-refractivity contribution >= 4 is 17.5 Å². The van der Waals surface area contributed by atoms with Gasteiger partial charge in [-0.3, -0.25) is 9.78 Å². The van der Waals surface area contributed by atoms with Crippen molar-refractivity contribution in [3.8, 4) is 0 Å². The molecule has 1 aromatic rings. The second-order valence-electron chi connectivity index (χ2n) is 3.52. The second-order valence-corrected chi connectivity index (χ2v) is 4.67. The fourth-order valence-electron chi connectivity index (χ4n) is 1.61. The van der Waals surface area contributed by atoms with E-state index in [0.29, 0.717) is 12.2 Å². The van der Waals surface area contributed by atoms with Crippen LogP contribution in [0.25, 0.3) is 0 Å². The van der Waals surface area contributed by atoms with Gasteiger partial charge in [0.25, 0.3) is 0 Å². The molecule has 2 nitrogen and oxygen atoms in total. The summed E-state index contributed by atoms with van der Waals surface area (Å²) in [5, 5.41) is 0. The van der Waals surface area contributed by atoms with E-state index in [1.807, 2.05) is 30.0 Å². The summed E-state index contributed by atoms with van der Waals surface area (Å²) in [4.78, 5) is 15.9. The lowest BCUT2D eigenvalue weighted by Gasteiger charge is -2.05. The summed E-state index contributed by atoms with van der Waals surface area (Å²) in [6.45, 7) is 0. The summed E-state index contributed by atoms with van der Waals surface area (Å²) in [6, 6.07) is 5.72. The summed E-state index contributed by atoms with van der Waals surface area (Å²) in [7, 11) is 0. The molecule has 0 spiro atoms. The Morgan fingerprint density at radius 3 is 3.14 bits per heavy atom. The Bertz CT molecular complexity index is 306. The van der Waals surface area contributed by atoms with Gasteiger partial charge in [-0.15, -0.1) is 0 Å². The number of aromatic nitrogens is 1. The number of rotatable bonds is 3. The fourth-order valence-corrected chi connectivity index (χ4v) is 2.87. The number of carbonyl (C=O) groups excluding carboxylic acids is 1. The van der Waals surface area contributed by atoms with Crippen LogP contribution in [0.1, 0.15) is 12.1 Å². The van der Waals surface area contributed by atoms with E-state index in [1.54, 1.807) is 6.20 Å². The molecule has 1 aliphatic rings. The summed E-state index contributed by atoms with van der Waals surface area (Å²) >= 11 is 1.88. The average molecular weight is 207 g/mol. The molecule has 1 saturated heterocycles. The zero-order valence-electron chi connectivity index (χ0n) is 7.98. The van der Waals surface area contributed by atoms with Crippen LogP contribution in [0.2, 0.25) is 0 Å². The van der Waals surface area contributed by atoms with Crippen molar-refractivity contribution in [1.29, 1.82) is 0 Å². The van der Waals surface area contributed by atoms with Gasteiger partial charge >= 0.3 is 0 Å². The zero-order valence-corrected chi connectivity index (χ0v) is 8.80. The van der Waals surface area contributed by atoms with E-state index in [9.17, 15) is 4.79 Å². The standard InChI is InChI=1S/C11H13NOS/c13-11(9-4-6-14-8-9)7-10-3-1-2-5-12-10/h1-3,5,9H,4,6-8H2. The fraction of sp³-hybridized carbons (Fsp3) is 0.455. The smallest absolute Gasteiger partial charge is 0.142 e. The van der Waals surface area contributed by atoms with E-state index in [4.69, 9.17) is 0 Å². The third-order valence-electron chi connectivity index (χ3n) is 2.47. The van der Waals surface area contributed by atoms with E-state index in [0.717, 1.165) is 23.6 Å². The van der Waals surface area contributed by atoms with Gasteiger partial charge in [0.2, 0.25) is 0 Å². The largest absolute Gasteiger partial charge is 0.299 e. The van der Waals surface area contributed by atoms with Crippen LogP contribution in [0.15, 0.2) is 24.4 Å². The van der Waals surface area contributed by atoms with Crippen LogP contribution in [-0.2, 0) is 11.2 Å². The Morgan fingerprint density at radius 1 is 1.57 bits per heavy atom. The molecule has 1 fully saturated rings. The molecule has 0 amide bonds. The number of carbonyl (C=O) groups is 1. The normalized spacial score (nSPS) is 21.0. The van der Waals surface area contributed by atoms with Crippen LogP contribution < -0.4 is 0 Å². The molecule has 0 radical (unpaired) electrons. The number of hydrogen-bond acceptors (Lipinski definition) is 3. The topological polar surface area (TPSA) is 30.0 Å². The number of nitrogens with zero attached hydrogens (tertiary/aromatic N) is 1. The van der Waals surface area contributed by atoms with Gasteiger partial charge in [-0.1, -0.05) is 6.07 Å². The first-order valence-corrected chi connectivity index (χ1v) is 6.02. The summed E-state index contributed by atoms with van der Waals surface area (Å²) < 4.78 is 0. The Hall–Kier alpha value is -0.830. The van der Waals surface area contributed by atoms with Gasteiger partial charge in [0.05, 0.1) is 0 Å². The zero-order chi connectivity index (χ0) is 9.80. The molecule has 0 bridgehead atoms. The minimum Gasteiger partial charge on any atom is -0.299 e. The molecule has 74 valence electrons. The van der Waals surface area contributed by atoms with E-state index in [2.05, 4.69) is 4.98 Å². The molecule has 0 aromatic carbocycles. The SMILES string of the molecule is O=C(Cc1ccccn1)C1CCSC1. The maximum absolute atomic E-state index is 11.8. The van der Waals surface area contributed by atoms with Gasteiger partial charge in [0, 0.05) is 30.0 Å². The lowest BCUT2D eigenvalue weighted by Crippen LogP contribution is -2.16. The van der Waals surface area contributed by atoms with Crippen LogP contribution in [0, 0.1) is 5.92 Å². The van der Waals surface area contributed by atoms with Crippen LogP contribution in [-0.4, -0.2) is 22.3 Å². The highest BCUT2D eigenvalue weighted by atomic mass is 32.2. The Labute approximate surface area is 88.1 Å². The molecule has 1 aliphatic heterocycles. The lowest BCUT2D eigenvalue weighted by atomic mass is 10.00. The Morgan fingerprint density at radius 2 is 2.50 bits per heavy atom. The van der Waals surface area contributed by atoms with Crippen LogP contribution in [0.4, 0.5) is 0 Å². The predicted octanol–water partition coefficient (Wildman–Crippen LogP) is 1.95. The van der Waals surface area contributed by atoms with Crippen molar-refractivity contribution in [3.63, 3.8) is 0 Å². The van der Waals surface area contributed by atoms with E-state index < -0.39 is 0 Å². The highest BCUT2D eigenvalue weighted by Gasteiger charge is 2.23. The van der Waals surface area contributed by atoms with Crippen molar-refractivity contribution in [1.82, 2.24) is 4.98 Å². The summed E-state index contributed by atoms with van der Waals surface area (Å²) in [5.74, 6) is 2.78. The molecule has 2 rings (SSSR count). The molecule has 1 aromatic heterocycles. The molecule has 1 atom stereocenters. The van der Waals surface area contributed by atoms with Gasteiger partial charge in [0.1, 0.15) is 5.78 Å². The van der Waals surface area contributed by atoms with Crippen molar-refractivity contribution in [2.45, 2.75) is 12.8 Å². The molecule has 0 saturated carbocycles. The predicted molar refractivity (Wildman–Crippen MR) is 58.4 cm³/mol. The van der Waals surface area contributed by atoms with Crippen LogP contribution in [0.3, 0.4) is 0 Å². The highest BCUT2D eigenvalue weighted by molar-refractivity contribution is 7.99. The minimum absolute atomic E-state index is 0.280. The molecular formula is C11H13NOS. The number of thioether (sulfide) groups is 1. The van der Waals surface area contributed by atoms with Gasteiger partial charge in [-0.25, -0.2) is 0 Å². The van der Waals surface area contributed by atoms with E-state index in [1.165, 1.54) is 0 Å². The van der Waals surface area contributed by atoms with Gasteiger partial charge in [-0.2, -0.15) is 11.8 Å². The molecular weight excluding hydrogens is 194 g/mol. The van der Waals surface area contributed by atoms with Gasteiger partial charge < -0.3 is 0 Å². The molecule has 0 aliphatic carbocycles. The molecule has 0 N–H and O–H groups in total. The van der Waals surface area contributed by atoms with Crippen molar-refractivity contribution < 1.29 is 4.79 Å². The molecule has 14 heavy (non-hydrogen) atoms. The first-order chi connectivity index (χ1) is 6.86. The van der Waals surface area contributed by atoms with Crippen molar-refractivity contribution in [3.05, 3.63) is 30.1 Å². The molecule has 2 heterocycles. The minimum atomic E-state index is 0.280. The van der Waals surface area contributed by atoms with Crippen LogP contribution in [0.5, 0.6) is 0 Å². The van der Waals surface area contributed by atoms with E-state index >= 15 is 0 Å². The van der Waals surface area contributed by atoms with Crippen molar-refractivity contribution in [2.24, 2.45) is 5.92 Å². The van der Waals surface area contributed by atoms with Crippen molar-refractivity contribution in [2.75, 3.05) is 11.5 Å². The first kappa shape index (κ1) is 9.71. The average Bonchev–Trinajstić information content (AvgIpc) is 2.72. The summed E-state index contributed by atoms with van der Waals surface area (Å²) in [6.07, 6.45) is 3.30.